The first-order valence-electron chi connectivity index (χ1n) is 5.96. The Hall–Kier alpha value is -0.410. The van der Waals surface area contributed by atoms with Gasteiger partial charge in [-0.05, 0) is 18.8 Å². The molecule has 0 amide bonds. The van der Waals surface area contributed by atoms with Gasteiger partial charge in [0, 0.05) is 19.6 Å². The fourth-order valence-electron chi connectivity index (χ4n) is 2.26. The van der Waals surface area contributed by atoms with Gasteiger partial charge in [-0.25, -0.2) is 0 Å². The normalized spacial score (nSPS) is 26.5. The summed E-state index contributed by atoms with van der Waals surface area (Å²) in [6, 6.07) is 0. The van der Waals surface area contributed by atoms with E-state index in [-0.39, 0.29) is 0 Å². The Balaban J connectivity index is 2.15. The summed E-state index contributed by atoms with van der Waals surface area (Å²) >= 11 is 0. The molecular formula is C12H23NO2. The summed E-state index contributed by atoms with van der Waals surface area (Å²) in [5, 5.41) is 3.12. The first-order chi connectivity index (χ1) is 7.24. The van der Waals surface area contributed by atoms with Gasteiger partial charge >= 0.3 is 0 Å². The van der Waals surface area contributed by atoms with Gasteiger partial charge < -0.3 is 10.1 Å². The Labute approximate surface area is 92.6 Å². The van der Waals surface area contributed by atoms with Crippen molar-refractivity contribution in [3.8, 4) is 0 Å². The van der Waals surface area contributed by atoms with Crippen molar-refractivity contribution in [3.05, 3.63) is 0 Å². The zero-order valence-corrected chi connectivity index (χ0v) is 9.92. The molecule has 0 saturated heterocycles. The molecule has 1 aliphatic rings. The predicted octanol–water partition coefficient (Wildman–Crippen LogP) is 1.62. The fourth-order valence-corrected chi connectivity index (χ4v) is 2.26. The van der Waals surface area contributed by atoms with Gasteiger partial charge in [0.15, 0.2) is 0 Å². The number of hydrogen-bond acceptors (Lipinski definition) is 3. The van der Waals surface area contributed by atoms with E-state index in [1.54, 1.807) is 7.11 Å². The van der Waals surface area contributed by atoms with Gasteiger partial charge in [0.25, 0.3) is 0 Å². The fraction of sp³-hybridized carbons (Fsp3) is 0.917. The minimum absolute atomic E-state index is 0.309. The Morgan fingerprint density at radius 2 is 2.27 bits per heavy atom. The maximum absolute atomic E-state index is 11.8. The lowest BCUT2D eigenvalue weighted by Gasteiger charge is -2.25. The Morgan fingerprint density at radius 3 is 2.93 bits per heavy atom. The van der Waals surface area contributed by atoms with Crippen molar-refractivity contribution < 1.29 is 9.53 Å². The van der Waals surface area contributed by atoms with Crippen LogP contribution in [0.25, 0.3) is 0 Å². The average molecular weight is 213 g/mol. The zero-order chi connectivity index (χ0) is 11.1. The molecule has 1 N–H and O–H groups in total. The third-order valence-corrected chi connectivity index (χ3v) is 3.17. The quantitative estimate of drug-likeness (QED) is 0.681. The number of ether oxygens (including phenoxy) is 1. The molecule has 2 atom stereocenters. The SMILES string of the molecule is COCCNCC(=O)C1CCCC(C)C1. The Morgan fingerprint density at radius 1 is 1.47 bits per heavy atom. The summed E-state index contributed by atoms with van der Waals surface area (Å²) < 4.78 is 4.91. The molecule has 1 aliphatic carbocycles. The first kappa shape index (κ1) is 12.7. The van der Waals surface area contributed by atoms with Crippen LogP contribution in [0.2, 0.25) is 0 Å². The highest BCUT2D eigenvalue weighted by atomic mass is 16.5. The molecule has 0 aromatic rings. The lowest BCUT2D eigenvalue weighted by Crippen LogP contribution is -2.32. The average Bonchev–Trinajstić information content (AvgIpc) is 2.24. The highest BCUT2D eigenvalue weighted by molar-refractivity contribution is 5.83. The molecule has 0 bridgehead atoms. The molecule has 0 aromatic carbocycles. The van der Waals surface area contributed by atoms with Gasteiger partial charge in [0.2, 0.25) is 0 Å². The molecule has 0 spiro atoms. The highest BCUT2D eigenvalue weighted by Gasteiger charge is 2.24. The van der Waals surface area contributed by atoms with Crippen LogP contribution in [0.5, 0.6) is 0 Å². The van der Waals surface area contributed by atoms with Crippen LogP contribution in [0.3, 0.4) is 0 Å². The van der Waals surface area contributed by atoms with Crippen LogP contribution in [0.4, 0.5) is 0 Å². The number of ketones is 1. The molecule has 0 radical (unpaired) electrons. The summed E-state index contributed by atoms with van der Waals surface area (Å²) in [4.78, 5) is 11.8. The van der Waals surface area contributed by atoms with E-state index in [1.165, 1.54) is 12.8 Å². The minimum atomic E-state index is 0.309. The number of carbonyl (C=O) groups excluding carboxylic acids is 1. The van der Waals surface area contributed by atoms with Gasteiger partial charge in [-0.1, -0.05) is 19.8 Å². The van der Waals surface area contributed by atoms with E-state index < -0.39 is 0 Å². The topological polar surface area (TPSA) is 38.3 Å². The summed E-state index contributed by atoms with van der Waals surface area (Å²) in [7, 11) is 1.67. The summed E-state index contributed by atoms with van der Waals surface area (Å²) in [6.45, 7) is 4.21. The number of nitrogens with one attached hydrogen (secondary N) is 1. The minimum Gasteiger partial charge on any atom is -0.383 e. The standard InChI is InChI=1S/C12H23NO2/c1-10-4-3-5-11(8-10)12(14)9-13-6-7-15-2/h10-11,13H,3-9H2,1-2H3. The van der Waals surface area contributed by atoms with Gasteiger partial charge in [0.05, 0.1) is 13.2 Å². The third kappa shape index (κ3) is 4.76. The molecule has 3 heteroatoms. The Bertz CT molecular complexity index is 194. The zero-order valence-electron chi connectivity index (χ0n) is 9.92. The molecular weight excluding hydrogens is 190 g/mol. The van der Waals surface area contributed by atoms with Crippen LogP contribution in [-0.4, -0.2) is 32.6 Å². The lowest BCUT2D eigenvalue weighted by molar-refractivity contribution is -0.123. The predicted molar refractivity (Wildman–Crippen MR) is 60.9 cm³/mol. The van der Waals surface area contributed by atoms with Crippen LogP contribution < -0.4 is 5.32 Å². The summed E-state index contributed by atoms with van der Waals surface area (Å²) in [6.07, 6.45) is 4.69. The van der Waals surface area contributed by atoms with Crippen molar-refractivity contribution in [3.63, 3.8) is 0 Å². The van der Waals surface area contributed by atoms with Gasteiger partial charge in [-0.2, -0.15) is 0 Å². The number of carbonyl (C=O) groups is 1. The van der Waals surface area contributed by atoms with Crippen LogP contribution in [0.1, 0.15) is 32.6 Å². The number of hydrogen-bond donors (Lipinski definition) is 1. The maximum Gasteiger partial charge on any atom is 0.149 e. The van der Waals surface area contributed by atoms with Gasteiger partial charge in [0.1, 0.15) is 5.78 Å². The lowest BCUT2D eigenvalue weighted by atomic mass is 9.80. The summed E-state index contributed by atoms with van der Waals surface area (Å²) in [5.41, 5.74) is 0. The molecule has 0 aromatic heterocycles. The maximum atomic E-state index is 11.8. The Kier molecular flexibility index (Phi) is 5.88. The molecule has 0 heterocycles. The largest absolute Gasteiger partial charge is 0.383 e. The van der Waals surface area contributed by atoms with E-state index in [0.717, 1.165) is 25.3 Å². The highest BCUT2D eigenvalue weighted by Crippen LogP contribution is 2.28. The molecule has 15 heavy (non-hydrogen) atoms. The first-order valence-corrected chi connectivity index (χ1v) is 5.96. The van der Waals surface area contributed by atoms with Crippen molar-refractivity contribution in [1.82, 2.24) is 5.32 Å². The van der Waals surface area contributed by atoms with E-state index in [0.29, 0.717) is 24.9 Å². The van der Waals surface area contributed by atoms with Gasteiger partial charge in [-0.3, -0.25) is 4.79 Å². The number of rotatable bonds is 6. The third-order valence-electron chi connectivity index (χ3n) is 3.17. The molecule has 3 nitrogen and oxygen atoms in total. The molecule has 1 saturated carbocycles. The van der Waals surface area contributed by atoms with Crippen molar-refractivity contribution >= 4 is 5.78 Å². The second-order valence-corrected chi connectivity index (χ2v) is 4.60. The van der Waals surface area contributed by atoms with Crippen molar-refractivity contribution in [2.75, 3.05) is 26.8 Å². The molecule has 88 valence electrons. The van der Waals surface area contributed by atoms with Gasteiger partial charge in [-0.15, -0.1) is 0 Å². The molecule has 2 unspecified atom stereocenters. The van der Waals surface area contributed by atoms with Crippen molar-refractivity contribution in [1.29, 1.82) is 0 Å². The van der Waals surface area contributed by atoms with E-state index >= 15 is 0 Å². The van der Waals surface area contributed by atoms with Crippen molar-refractivity contribution in [2.45, 2.75) is 32.6 Å². The van der Waals surface area contributed by atoms with E-state index in [9.17, 15) is 4.79 Å². The summed E-state index contributed by atoms with van der Waals surface area (Å²) in [5.74, 6) is 1.42. The molecule has 1 fully saturated rings. The second-order valence-electron chi connectivity index (χ2n) is 4.60. The molecule has 1 rings (SSSR count). The van der Waals surface area contributed by atoms with E-state index in [1.807, 2.05) is 0 Å². The monoisotopic (exact) mass is 213 g/mol. The number of Topliss-reactive ketones (excluding diaryl/α,β-unsaturated/α-hetero) is 1. The van der Waals surface area contributed by atoms with Crippen molar-refractivity contribution in [2.24, 2.45) is 11.8 Å². The second kappa shape index (κ2) is 6.96. The van der Waals surface area contributed by atoms with Crippen LogP contribution >= 0.6 is 0 Å². The number of methoxy groups -OCH3 is 1. The van der Waals surface area contributed by atoms with Crippen LogP contribution in [0.15, 0.2) is 0 Å². The van der Waals surface area contributed by atoms with E-state index in [2.05, 4.69) is 12.2 Å². The van der Waals surface area contributed by atoms with Crippen LogP contribution in [-0.2, 0) is 9.53 Å². The van der Waals surface area contributed by atoms with E-state index in [4.69, 9.17) is 4.74 Å². The molecule has 0 aliphatic heterocycles. The van der Waals surface area contributed by atoms with Crippen LogP contribution in [0, 0.1) is 11.8 Å². The smallest absolute Gasteiger partial charge is 0.149 e.